The van der Waals surface area contributed by atoms with Crippen LogP contribution in [0, 0.1) is 11.3 Å². The predicted molar refractivity (Wildman–Crippen MR) is 101 cm³/mol. The lowest BCUT2D eigenvalue weighted by atomic mass is 10.1. The van der Waals surface area contributed by atoms with E-state index in [0.717, 1.165) is 5.39 Å². The van der Waals surface area contributed by atoms with Crippen LogP contribution in [0.3, 0.4) is 0 Å². The largest absolute Gasteiger partial charge is 0.471 e. The molecule has 142 valence electrons. The van der Waals surface area contributed by atoms with E-state index >= 15 is 0 Å². The molecule has 1 fully saturated rings. The molecule has 0 bridgehead atoms. The van der Waals surface area contributed by atoms with Crippen LogP contribution in [0.2, 0.25) is 0 Å². The van der Waals surface area contributed by atoms with Gasteiger partial charge in [-0.25, -0.2) is 18.4 Å². The van der Waals surface area contributed by atoms with Crippen molar-refractivity contribution < 1.29 is 13.2 Å². The Bertz CT molecular complexity index is 1150. The van der Waals surface area contributed by atoms with Gasteiger partial charge >= 0.3 is 0 Å². The molecule has 0 N–H and O–H groups in total. The van der Waals surface area contributed by atoms with Gasteiger partial charge in [-0.15, -0.1) is 0 Å². The van der Waals surface area contributed by atoms with Gasteiger partial charge in [0.15, 0.2) is 0 Å². The number of para-hydroxylation sites is 1. The third-order valence-electron chi connectivity index (χ3n) is 4.60. The normalized spacial score (nSPS) is 17.9. The van der Waals surface area contributed by atoms with E-state index in [0.29, 0.717) is 24.9 Å². The Kier molecular flexibility index (Phi) is 4.90. The van der Waals surface area contributed by atoms with Gasteiger partial charge in [0, 0.05) is 30.5 Å². The summed E-state index contributed by atoms with van der Waals surface area (Å²) in [4.78, 5) is 12.4. The summed E-state index contributed by atoms with van der Waals surface area (Å²) in [6, 6.07) is 10.7. The van der Waals surface area contributed by atoms with Crippen LogP contribution in [0.25, 0.3) is 10.9 Å². The number of nitrogens with zero attached hydrogens (tertiary/aromatic N) is 5. The van der Waals surface area contributed by atoms with Crippen LogP contribution in [0.5, 0.6) is 5.88 Å². The van der Waals surface area contributed by atoms with Crippen LogP contribution in [-0.4, -0.2) is 46.9 Å². The van der Waals surface area contributed by atoms with E-state index in [-0.39, 0.29) is 23.0 Å². The summed E-state index contributed by atoms with van der Waals surface area (Å²) in [5.41, 5.74) is 0.537. The number of hydrogen-bond donors (Lipinski definition) is 0. The molecule has 0 radical (unpaired) electrons. The van der Waals surface area contributed by atoms with Gasteiger partial charge in [0.2, 0.25) is 15.7 Å². The zero-order valence-corrected chi connectivity index (χ0v) is 15.7. The molecule has 0 spiro atoms. The van der Waals surface area contributed by atoms with E-state index in [4.69, 9.17) is 10.00 Å². The number of piperidine rings is 1. The first-order valence-electron chi connectivity index (χ1n) is 8.81. The minimum absolute atomic E-state index is 0.0840. The second-order valence-corrected chi connectivity index (χ2v) is 8.30. The van der Waals surface area contributed by atoms with E-state index in [1.165, 1.54) is 16.7 Å². The summed E-state index contributed by atoms with van der Waals surface area (Å²) in [5.74, 6) is 0.126. The number of rotatable bonds is 4. The fraction of sp³-hybridized carbons (Fsp3) is 0.263. The Labute approximate surface area is 162 Å². The highest BCUT2D eigenvalue weighted by Gasteiger charge is 2.33. The third kappa shape index (κ3) is 3.40. The summed E-state index contributed by atoms with van der Waals surface area (Å²) in [6.45, 7) is 0.573. The van der Waals surface area contributed by atoms with Gasteiger partial charge in [-0.3, -0.25) is 4.98 Å². The highest BCUT2D eigenvalue weighted by Crippen LogP contribution is 2.27. The Morgan fingerprint density at radius 1 is 1.11 bits per heavy atom. The summed E-state index contributed by atoms with van der Waals surface area (Å²) in [6.07, 6.45) is 5.34. The topological polar surface area (TPSA) is 109 Å². The molecule has 4 rings (SSSR count). The van der Waals surface area contributed by atoms with Gasteiger partial charge in [0.05, 0.1) is 12.1 Å². The van der Waals surface area contributed by atoms with Crippen molar-refractivity contribution in [3.63, 3.8) is 0 Å². The maximum absolute atomic E-state index is 13.3. The Morgan fingerprint density at radius 2 is 1.93 bits per heavy atom. The van der Waals surface area contributed by atoms with Crippen LogP contribution < -0.4 is 4.74 Å². The lowest BCUT2D eigenvalue weighted by Gasteiger charge is -2.32. The van der Waals surface area contributed by atoms with E-state index in [2.05, 4.69) is 15.0 Å². The number of pyridine rings is 1. The fourth-order valence-corrected chi connectivity index (χ4v) is 4.96. The number of benzene rings is 1. The van der Waals surface area contributed by atoms with Crippen molar-refractivity contribution in [1.82, 2.24) is 19.3 Å². The molecule has 2 aromatic heterocycles. The monoisotopic (exact) mass is 395 g/mol. The van der Waals surface area contributed by atoms with Gasteiger partial charge in [0.25, 0.3) is 5.88 Å². The summed E-state index contributed by atoms with van der Waals surface area (Å²) in [5, 5.41) is 9.90. The van der Waals surface area contributed by atoms with E-state index < -0.39 is 16.1 Å². The molecular formula is C19H17N5O3S. The number of hydrogen-bond acceptors (Lipinski definition) is 7. The Balaban J connectivity index is 1.61. The maximum Gasteiger partial charge on any atom is 0.251 e. The quantitative estimate of drug-likeness (QED) is 0.665. The number of fused-ring (bicyclic) bond motifs is 1. The number of sulfonamides is 1. The zero-order valence-electron chi connectivity index (χ0n) is 14.9. The van der Waals surface area contributed by atoms with Crippen molar-refractivity contribution in [2.24, 2.45) is 0 Å². The van der Waals surface area contributed by atoms with Crippen LogP contribution in [0.4, 0.5) is 0 Å². The van der Waals surface area contributed by atoms with Crippen LogP contribution in [0.15, 0.2) is 53.8 Å². The second-order valence-electron chi connectivity index (χ2n) is 6.40. The molecule has 3 aromatic rings. The average Bonchev–Trinajstić information content (AvgIpc) is 2.74. The maximum atomic E-state index is 13.3. The number of aromatic nitrogens is 3. The molecule has 3 heterocycles. The fourth-order valence-electron chi connectivity index (χ4n) is 3.29. The summed E-state index contributed by atoms with van der Waals surface area (Å²) < 4.78 is 33.8. The molecular weight excluding hydrogens is 378 g/mol. The second kappa shape index (κ2) is 7.50. The van der Waals surface area contributed by atoms with Crippen molar-refractivity contribution in [2.45, 2.75) is 23.8 Å². The predicted octanol–water partition coefficient (Wildman–Crippen LogP) is 2.13. The van der Waals surface area contributed by atoms with Crippen LogP contribution >= 0.6 is 0 Å². The molecule has 28 heavy (non-hydrogen) atoms. The molecule has 9 heteroatoms. The molecule has 1 aliphatic heterocycles. The summed E-state index contributed by atoms with van der Waals surface area (Å²) >= 11 is 0. The summed E-state index contributed by atoms with van der Waals surface area (Å²) in [7, 11) is -3.74. The first-order valence-corrected chi connectivity index (χ1v) is 10.3. The third-order valence-corrected chi connectivity index (χ3v) is 6.50. The van der Waals surface area contributed by atoms with Gasteiger partial charge in [-0.1, -0.05) is 18.2 Å². The van der Waals surface area contributed by atoms with Crippen molar-refractivity contribution in [1.29, 1.82) is 5.26 Å². The molecule has 0 unspecified atom stereocenters. The minimum Gasteiger partial charge on any atom is -0.471 e. The molecule has 8 nitrogen and oxygen atoms in total. The lowest BCUT2D eigenvalue weighted by Crippen LogP contribution is -2.44. The molecule has 1 aliphatic rings. The zero-order chi connectivity index (χ0) is 19.6. The van der Waals surface area contributed by atoms with Crippen molar-refractivity contribution >= 4 is 20.9 Å². The van der Waals surface area contributed by atoms with Gasteiger partial charge in [0.1, 0.15) is 17.1 Å². The minimum atomic E-state index is -3.74. The lowest BCUT2D eigenvalue weighted by molar-refractivity contribution is 0.124. The highest BCUT2D eigenvalue weighted by atomic mass is 32.2. The molecule has 1 aromatic carbocycles. The van der Waals surface area contributed by atoms with E-state index in [9.17, 15) is 8.42 Å². The standard InChI is InChI=1S/C19H17N5O3S/c20-12-16-19(23-10-9-21-16)27-15-6-3-11-24(13-15)28(25,26)17-7-1-4-14-5-2-8-22-18(14)17/h1-2,4-5,7-10,15H,3,6,11,13H2/t15-/m0/s1. The van der Waals surface area contributed by atoms with Crippen molar-refractivity contribution in [3.05, 3.63) is 54.6 Å². The smallest absolute Gasteiger partial charge is 0.251 e. The first kappa shape index (κ1) is 18.3. The van der Waals surface area contributed by atoms with E-state index in [1.807, 2.05) is 18.2 Å². The molecule has 0 saturated carbocycles. The number of ether oxygens (including phenoxy) is 1. The van der Waals surface area contributed by atoms with Crippen LogP contribution in [0.1, 0.15) is 18.5 Å². The van der Waals surface area contributed by atoms with Crippen molar-refractivity contribution in [3.8, 4) is 11.9 Å². The Morgan fingerprint density at radius 3 is 2.79 bits per heavy atom. The van der Waals surface area contributed by atoms with Gasteiger partial charge in [-0.2, -0.15) is 9.57 Å². The Hall–Kier alpha value is -3.09. The SMILES string of the molecule is N#Cc1nccnc1O[C@H]1CCCN(S(=O)(=O)c2cccc3cccnc23)C1. The average molecular weight is 395 g/mol. The molecule has 0 amide bonds. The molecule has 1 atom stereocenters. The van der Waals surface area contributed by atoms with Crippen molar-refractivity contribution in [2.75, 3.05) is 13.1 Å². The first-order chi connectivity index (χ1) is 13.6. The van der Waals surface area contributed by atoms with Gasteiger partial charge < -0.3 is 4.74 Å². The highest BCUT2D eigenvalue weighted by molar-refractivity contribution is 7.89. The van der Waals surface area contributed by atoms with E-state index in [1.54, 1.807) is 24.4 Å². The molecule has 1 saturated heterocycles. The van der Waals surface area contributed by atoms with Gasteiger partial charge in [-0.05, 0) is 25.0 Å². The number of nitriles is 1. The van der Waals surface area contributed by atoms with Crippen LogP contribution in [-0.2, 0) is 10.0 Å². The molecule has 0 aliphatic carbocycles.